The minimum atomic E-state index is -0.833. The van der Waals surface area contributed by atoms with E-state index in [0.29, 0.717) is 0 Å². The van der Waals surface area contributed by atoms with E-state index in [1.54, 1.807) is 14.1 Å². The molecule has 60 valence electrons. The normalized spacial score (nSPS) is 7.00. The van der Waals surface area contributed by atoms with E-state index in [2.05, 4.69) is 11.5 Å². The van der Waals surface area contributed by atoms with Gasteiger partial charge in [0, 0.05) is 14.1 Å². The lowest BCUT2D eigenvalue weighted by Crippen LogP contribution is -2.28. The average molecular weight is 147 g/mol. The van der Waals surface area contributed by atoms with Crippen molar-refractivity contribution in [3.05, 3.63) is 0 Å². The van der Waals surface area contributed by atoms with Gasteiger partial charge in [-0.1, -0.05) is 0 Å². The molecular formula is C4H13N5O. The Hall–Kier alpha value is -1.46. The summed E-state index contributed by atoms with van der Waals surface area (Å²) in [4.78, 5) is 10.5. The third-order valence-electron chi connectivity index (χ3n) is 0.482. The molecule has 6 nitrogen and oxygen atoms in total. The lowest BCUT2D eigenvalue weighted by Gasteiger charge is -2.05. The van der Waals surface area contributed by atoms with Crippen molar-refractivity contribution in [1.82, 2.24) is 4.90 Å². The van der Waals surface area contributed by atoms with Crippen LogP contribution in [0.5, 0.6) is 0 Å². The van der Waals surface area contributed by atoms with Crippen LogP contribution < -0.4 is 17.2 Å². The van der Waals surface area contributed by atoms with Crippen molar-refractivity contribution in [2.24, 2.45) is 17.2 Å². The average Bonchev–Trinajstić information content (AvgIpc) is 1.63. The summed E-state index contributed by atoms with van der Waals surface area (Å²) >= 11 is 0. The van der Waals surface area contributed by atoms with Crippen LogP contribution in [0.3, 0.4) is 0 Å². The molecule has 0 saturated heterocycles. The van der Waals surface area contributed by atoms with Crippen molar-refractivity contribution < 1.29 is 4.79 Å². The zero-order valence-corrected chi connectivity index (χ0v) is 6.09. The van der Waals surface area contributed by atoms with E-state index in [0.717, 1.165) is 0 Å². The standard InChI is InChI=1S/C3H9N3.CH4N2O/c1-6(2)3(4)5;2-1(3)4/h1-2H3,(H3,4,5);(H4,2,3,4). The first-order valence-electron chi connectivity index (χ1n) is 2.44. The zero-order valence-electron chi connectivity index (χ0n) is 6.09. The molecule has 0 rings (SSSR count). The van der Waals surface area contributed by atoms with Crippen molar-refractivity contribution in [3.8, 4) is 0 Å². The van der Waals surface area contributed by atoms with E-state index in [-0.39, 0.29) is 5.96 Å². The number of hydrogen-bond acceptors (Lipinski definition) is 2. The Morgan fingerprint density at radius 3 is 1.40 bits per heavy atom. The zero-order chi connectivity index (χ0) is 8.73. The third-order valence-corrected chi connectivity index (χ3v) is 0.482. The molecule has 0 atom stereocenters. The number of nitrogens with one attached hydrogen (secondary N) is 1. The van der Waals surface area contributed by atoms with Gasteiger partial charge in [0.2, 0.25) is 0 Å². The van der Waals surface area contributed by atoms with Gasteiger partial charge in [0.15, 0.2) is 5.96 Å². The molecule has 0 aliphatic heterocycles. The minimum Gasteiger partial charge on any atom is -0.370 e. The number of carbonyl (C=O) groups excluding carboxylic acids is 1. The molecule has 0 aliphatic rings. The molecular weight excluding hydrogens is 134 g/mol. The molecule has 10 heavy (non-hydrogen) atoms. The number of nitrogens with zero attached hydrogens (tertiary/aromatic N) is 1. The summed E-state index contributed by atoms with van der Waals surface area (Å²) < 4.78 is 0. The van der Waals surface area contributed by atoms with Crippen LogP contribution in [0, 0.1) is 5.41 Å². The molecule has 0 aromatic carbocycles. The van der Waals surface area contributed by atoms with Crippen molar-refractivity contribution in [1.29, 1.82) is 5.41 Å². The number of carbonyl (C=O) groups is 1. The largest absolute Gasteiger partial charge is 0.370 e. The van der Waals surface area contributed by atoms with Crippen LogP contribution >= 0.6 is 0 Å². The predicted molar refractivity (Wildman–Crippen MR) is 39.4 cm³/mol. The number of primary amides is 2. The predicted octanol–water partition coefficient (Wildman–Crippen LogP) is -1.53. The second kappa shape index (κ2) is 5.67. The first-order chi connectivity index (χ1) is 4.37. The van der Waals surface area contributed by atoms with Crippen molar-refractivity contribution in [2.45, 2.75) is 0 Å². The van der Waals surface area contributed by atoms with E-state index in [1.165, 1.54) is 4.90 Å². The topological polar surface area (TPSA) is 122 Å². The van der Waals surface area contributed by atoms with Gasteiger partial charge in [-0.2, -0.15) is 0 Å². The highest BCUT2D eigenvalue weighted by Crippen LogP contribution is 1.62. The summed E-state index contributed by atoms with van der Waals surface area (Å²) in [6.07, 6.45) is 0. The van der Waals surface area contributed by atoms with Gasteiger partial charge in [0.05, 0.1) is 0 Å². The van der Waals surface area contributed by atoms with Crippen LogP contribution in [-0.2, 0) is 0 Å². The van der Waals surface area contributed by atoms with E-state index >= 15 is 0 Å². The number of guanidine groups is 1. The van der Waals surface area contributed by atoms with E-state index in [1.807, 2.05) is 0 Å². The van der Waals surface area contributed by atoms with Crippen LogP contribution in [0.2, 0.25) is 0 Å². The fourth-order valence-electron chi connectivity index (χ4n) is 0. The SMILES string of the molecule is CN(C)C(=N)N.NC(N)=O. The van der Waals surface area contributed by atoms with Gasteiger partial charge in [-0.3, -0.25) is 5.41 Å². The second-order valence-corrected chi connectivity index (χ2v) is 1.68. The highest BCUT2D eigenvalue weighted by molar-refractivity contribution is 5.73. The molecule has 0 aromatic heterocycles. The van der Waals surface area contributed by atoms with Crippen LogP contribution in [-0.4, -0.2) is 31.0 Å². The van der Waals surface area contributed by atoms with Gasteiger partial charge >= 0.3 is 6.03 Å². The van der Waals surface area contributed by atoms with Gasteiger partial charge in [0.25, 0.3) is 0 Å². The molecule has 0 fully saturated rings. The smallest absolute Gasteiger partial charge is 0.309 e. The van der Waals surface area contributed by atoms with Crippen LogP contribution in [0.4, 0.5) is 4.79 Å². The maximum atomic E-state index is 9.00. The van der Waals surface area contributed by atoms with Crippen LogP contribution in [0.25, 0.3) is 0 Å². The third kappa shape index (κ3) is 31.1. The van der Waals surface area contributed by atoms with Gasteiger partial charge in [-0.05, 0) is 0 Å². The number of rotatable bonds is 0. The van der Waals surface area contributed by atoms with Crippen LogP contribution in [0.1, 0.15) is 0 Å². The molecule has 0 spiro atoms. The molecule has 0 aromatic rings. The fraction of sp³-hybridized carbons (Fsp3) is 0.500. The lowest BCUT2D eigenvalue weighted by molar-refractivity contribution is 0.256. The van der Waals surface area contributed by atoms with Gasteiger partial charge < -0.3 is 22.1 Å². The summed E-state index contributed by atoms with van der Waals surface area (Å²) in [5, 5.41) is 6.65. The Morgan fingerprint density at radius 2 is 1.40 bits per heavy atom. The summed E-state index contributed by atoms with van der Waals surface area (Å²) in [6, 6.07) is -0.833. The molecule has 0 saturated carbocycles. The highest BCUT2D eigenvalue weighted by Gasteiger charge is 1.82. The van der Waals surface area contributed by atoms with Gasteiger partial charge in [-0.15, -0.1) is 0 Å². The first kappa shape index (κ1) is 11.4. The first-order valence-corrected chi connectivity index (χ1v) is 2.44. The minimum absolute atomic E-state index is 0.0926. The van der Waals surface area contributed by atoms with Gasteiger partial charge in [-0.25, -0.2) is 4.79 Å². The molecule has 0 aliphatic carbocycles. The second-order valence-electron chi connectivity index (χ2n) is 1.68. The molecule has 0 bridgehead atoms. The lowest BCUT2D eigenvalue weighted by atomic mass is 10.8. The van der Waals surface area contributed by atoms with E-state index < -0.39 is 6.03 Å². The molecule has 6 heteroatoms. The van der Waals surface area contributed by atoms with Gasteiger partial charge in [0.1, 0.15) is 0 Å². The number of amides is 2. The van der Waals surface area contributed by atoms with E-state index in [4.69, 9.17) is 15.9 Å². The highest BCUT2D eigenvalue weighted by atomic mass is 16.2. The molecule has 7 N–H and O–H groups in total. The Morgan fingerprint density at radius 1 is 1.30 bits per heavy atom. The monoisotopic (exact) mass is 147 g/mol. The molecule has 0 radical (unpaired) electrons. The Kier molecular flexibility index (Phi) is 6.44. The Bertz CT molecular complexity index is 117. The fourth-order valence-corrected chi connectivity index (χ4v) is 0. The summed E-state index contributed by atoms with van der Waals surface area (Å²) in [5.41, 5.74) is 13.4. The van der Waals surface area contributed by atoms with Crippen molar-refractivity contribution in [3.63, 3.8) is 0 Å². The van der Waals surface area contributed by atoms with Crippen molar-refractivity contribution >= 4 is 12.0 Å². The Labute approximate surface area is 59.5 Å². The molecule has 0 heterocycles. The molecule has 2 amide bonds. The maximum absolute atomic E-state index is 9.00. The van der Waals surface area contributed by atoms with Crippen molar-refractivity contribution in [2.75, 3.05) is 14.1 Å². The summed E-state index contributed by atoms with van der Waals surface area (Å²) in [5.74, 6) is 0.0926. The quantitative estimate of drug-likeness (QED) is 0.245. The number of urea groups is 1. The maximum Gasteiger partial charge on any atom is 0.309 e. The van der Waals surface area contributed by atoms with E-state index in [9.17, 15) is 0 Å². The Balaban J connectivity index is 0. The number of nitrogens with two attached hydrogens (primary N) is 3. The number of hydrogen-bond donors (Lipinski definition) is 4. The molecule has 0 unspecified atom stereocenters. The summed E-state index contributed by atoms with van der Waals surface area (Å²) in [7, 11) is 3.45. The summed E-state index contributed by atoms with van der Waals surface area (Å²) in [6.45, 7) is 0. The van der Waals surface area contributed by atoms with Crippen LogP contribution in [0.15, 0.2) is 0 Å².